The lowest BCUT2D eigenvalue weighted by atomic mass is 10.1. The van der Waals surface area contributed by atoms with Crippen molar-refractivity contribution in [1.82, 2.24) is 9.97 Å². The summed E-state index contributed by atoms with van der Waals surface area (Å²) in [5.41, 5.74) is 2.24. The van der Waals surface area contributed by atoms with Crippen LogP contribution in [0.5, 0.6) is 11.6 Å². The zero-order valence-corrected chi connectivity index (χ0v) is 11.6. The lowest BCUT2D eigenvalue weighted by molar-refractivity contribution is 0.457. The first-order chi connectivity index (χ1) is 9.19. The lowest BCUT2D eigenvalue weighted by Gasteiger charge is -2.09. The Morgan fingerprint density at radius 1 is 1.21 bits per heavy atom. The fourth-order valence-electron chi connectivity index (χ4n) is 1.67. The van der Waals surface area contributed by atoms with Gasteiger partial charge >= 0.3 is 0 Å². The Labute approximate surface area is 113 Å². The molecule has 100 valence electrons. The molecule has 0 amide bonds. The second-order valence-corrected chi connectivity index (χ2v) is 4.54. The van der Waals surface area contributed by atoms with Crippen LogP contribution in [0.2, 0.25) is 0 Å². The first kappa shape index (κ1) is 13.3. The van der Waals surface area contributed by atoms with Crippen LogP contribution in [-0.2, 0) is 0 Å². The van der Waals surface area contributed by atoms with Gasteiger partial charge in [-0.3, -0.25) is 4.98 Å². The third-order valence-corrected chi connectivity index (χ3v) is 2.73. The third-order valence-electron chi connectivity index (χ3n) is 2.73. The van der Waals surface area contributed by atoms with Crippen LogP contribution in [0.3, 0.4) is 0 Å². The molecule has 0 aliphatic carbocycles. The standard InChI is InChI=1S/C15H19N3O/c1-4-7-17-14-9-16-10-15(18-14)19-13-8-11(2)5-6-12(13)3/h5-6,8-10H,4,7H2,1-3H3,(H,17,18). The van der Waals surface area contributed by atoms with E-state index in [1.807, 2.05) is 26.0 Å². The SMILES string of the molecule is CCCNc1cncc(Oc2cc(C)ccc2C)n1. The van der Waals surface area contributed by atoms with Gasteiger partial charge in [0.05, 0.1) is 12.4 Å². The van der Waals surface area contributed by atoms with E-state index in [2.05, 4.69) is 28.3 Å². The van der Waals surface area contributed by atoms with E-state index in [0.29, 0.717) is 5.88 Å². The Hall–Kier alpha value is -2.10. The van der Waals surface area contributed by atoms with Crippen LogP contribution in [0.1, 0.15) is 24.5 Å². The van der Waals surface area contributed by atoms with Crippen LogP contribution in [0.15, 0.2) is 30.6 Å². The van der Waals surface area contributed by atoms with Crippen molar-refractivity contribution in [3.63, 3.8) is 0 Å². The summed E-state index contributed by atoms with van der Waals surface area (Å²) in [5.74, 6) is 2.07. The summed E-state index contributed by atoms with van der Waals surface area (Å²) in [6.07, 6.45) is 4.37. The molecule has 0 aliphatic rings. The van der Waals surface area contributed by atoms with Crippen LogP contribution in [0, 0.1) is 13.8 Å². The second-order valence-electron chi connectivity index (χ2n) is 4.54. The summed E-state index contributed by atoms with van der Waals surface area (Å²) in [6, 6.07) is 6.10. The third kappa shape index (κ3) is 3.68. The Morgan fingerprint density at radius 3 is 2.84 bits per heavy atom. The van der Waals surface area contributed by atoms with E-state index in [4.69, 9.17) is 4.74 Å². The molecule has 1 heterocycles. The number of ether oxygens (including phenoxy) is 1. The fourth-order valence-corrected chi connectivity index (χ4v) is 1.67. The molecule has 2 aromatic rings. The highest BCUT2D eigenvalue weighted by atomic mass is 16.5. The summed E-state index contributed by atoms with van der Waals surface area (Å²) < 4.78 is 5.80. The van der Waals surface area contributed by atoms with Gasteiger partial charge in [-0.25, -0.2) is 0 Å². The minimum Gasteiger partial charge on any atom is -0.437 e. The number of benzene rings is 1. The molecule has 0 unspecified atom stereocenters. The van der Waals surface area contributed by atoms with E-state index in [1.54, 1.807) is 12.4 Å². The van der Waals surface area contributed by atoms with E-state index in [9.17, 15) is 0 Å². The minimum atomic E-state index is 0.509. The summed E-state index contributed by atoms with van der Waals surface area (Å²) in [4.78, 5) is 8.52. The van der Waals surface area contributed by atoms with Gasteiger partial charge in [0.25, 0.3) is 0 Å². The highest BCUT2D eigenvalue weighted by Gasteiger charge is 2.04. The molecule has 1 N–H and O–H groups in total. The monoisotopic (exact) mass is 257 g/mol. The maximum Gasteiger partial charge on any atom is 0.239 e. The van der Waals surface area contributed by atoms with Crippen LogP contribution in [0.25, 0.3) is 0 Å². The maximum atomic E-state index is 5.80. The zero-order valence-electron chi connectivity index (χ0n) is 11.6. The van der Waals surface area contributed by atoms with Gasteiger partial charge in [-0.2, -0.15) is 4.98 Å². The number of hydrogen-bond acceptors (Lipinski definition) is 4. The molecule has 0 radical (unpaired) electrons. The normalized spacial score (nSPS) is 10.3. The number of nitrogens with zero attached hydrogens (tertiary/aromatic N) is 2. The molecule has 1 aromatic heterocycles. The molecular formula is C15H19N3O. The van der Waals surface area contributed by atoms with E-state index in [-0.39, 0.29) is 0 Å². The van der Waals surface area contributed by atoms with Crippen molar-refractivity contribution in [2.45, 2.75) is 27.2 Å². The first-order valence-corrected chi connectivity index (χ1v) is 6.50. The summed E-state index contributed by atoms with van der Waals surface area (Å²) in [5, 5.41) is 3.19. The molecule has 4 nitrogen and oxygen atoms in total. The Balaban J connectivity index is 2.16. The lowest BCUT2D eigenvalue weighted by Crippen LogP contribution is -2.03. The molecule has 0 atom stereocenters. The van der Waals surface area contributed by atoms with E-state index in [1.165, 1.54) is 0 Å². The van der Waals surface area contributed by atoms with Crippen molar-refractivity contribution in [3.8, 4) is 11.6 Å². The van der Waals surface area contributed by atoms with Crippen molar-refractivity contribution in [3.05, 3.63) is 41.7 Å². The Morgan fingerprint density at radius 2 is 2.05 bits per heavy atom. The highest BCUT2D eigenvalue weighted by Crippen LogP contribution is 2.24. The van der Waals surface area contributed by atoms with Gasteiger partial charge in [0.2, 0.25) is 5.88 Å². The minimum absolute atomic E-state index is 0.509. The van der Waals surface area contributed by atoms with Crippen LogP contribution in [-0.4, -0.2) is 16.5 Å². The van der Waals surface area contributed by atoms with Gasteiger partial charge in [-0.1, -0.05) is 19.1 Å². The van der Waals surface area contributed by atoms with Gasteiger partial charge in [0.1, 0.15) is 11.6 Å². The Kier molecular flexibility index (Phi) is 4.34. The largest absolute Gasteiger partial charge is 0.437 e. The first-order valence-electron chi connectivity index (χ1n) is 6.50. The number of anilines is 1. The number of aryl methyl sites for hydroxylation is 2. The van der Waals surface area contributed by atoms with Crippen molar-refractivity contribution in [2.24, 2.45) is 0 Å². The molecule has 4 heteroatoms. The van der Waals surface area contributed by atoms with Gasteiger partial charge in [0, 0.05) is 6.54 Å². The molecule has 0 aliphatic heterocycles. The molecule has 2 rings (SSSR count). The van der Waals surface area contributed by atoms with Crippen LogP contribution in [0.4, 0.5) is 5.82 Å². The summed E-state index contributed by atoms with van der Waals surface area (Å²) in [7, 11) is 0. The van der Waals surface area contributed by atoms with Crippen molar-refractivity contribution in [2.75, 3.05) is 11.9 Å². The molecule has 1 aromatic carbocycles. The molecule has 19 heavy (non-hydrogen) atoms. The quantitative estimate of drug-likeness (QED) is 0.887. The number of rotatable bonds is 5. The Bertz CT molecular complexity index is 555. The number of hydrogen-bond donors (Lipinski definition) is 1. The van der Waals surface area contributed by atoms with Gasteiger partial charge in [0.15, 0.2) is 0 Å². The molecule has 0 spiro atoms. The number of nitrogens with one attached hydrogen (secondary N) is 1. The van der Waals surface area contributed by atoms with Gasteiger partial charge < -0.3 is 10.1 Å². The average molecular weight is 257 g/mol. The van der Waals surface area contributed by atoms with Crippen LogP contribution < -0.4 is 10.1 Å². The zero-order chi connectivity index (χ0) is 13.7. The van der Waals surface area contributed by atoms with Gasteiger partial charge in [-0.15, -0.1) is 0 Å². The fraction of sp³-hybridized carbons (Fsp3) is 0.333. The molecular weight excluding hydrogens is 238 g/mol. The van der Waals surface area contributed by atoms with E-state index in [0.717, 1.165) is 35.7 Å². The predicted molar refractivity (Wildman–Crippen MR) is 76.8 cm³/mol. The summed E-state index contributed by atoms with van der Waals surface area (Å²) >= 11 is 0. The molecule has 0 saturated carbocycles. The highest BCUT2D eigenvalue weighted by molar-refractivity contribution is 5.39. The van der Waals surface area contributed by atoms with Crippen molar-refractivity contribution < 1.29 is 4.74 Å². The van der Waals surface area contributed by atoms with E-state index >= 15 is 0 Å². The molecule has 0 fully saturated rings. The predicted octanol–water partition coefficient (Wildman–Crippen LogP) is 3.71. The van der Waals surface area contributed by atoms with Crippen molar-refractivity contribution in [1.29, 1.82) is 0 Å². The topological polar surface area (TPSA) is 47.0 Å². The van der Waals surface area contributed by atoms with Gasteiger partial charge in [-0.05, 0) is 37.5 Å². The summed E-state index contributed by atoms with van der Waals surface area (Å²) in [6.45, 7) is 7.04. The average Bonchev–Trinajstić information content (AvgIpc) is 2.41. The van der Waals surface area contributed by atoms with Crippen LogP contribution >= 0.6 is 0 Å². The number of aromatic nitrogens is 2. The molecule has 0 bridgehead atoms. The molecule has 0 saturated heterocycles. The maximum absolute atomic E-state index is 5.80. The second kappa shape index (κ2) is 6.18. The van der Waals surface area contributed by atoms with Crippen molar-refractivity contribution >= 4 is 5.82 Å². The van der Waals surface area contributed by atoms with E-state index < -0.39 is 0 Å². The smallest absolute Gasteiger partial charge is 0.239 e.